The number of aromatic nitrogens is 2. The third-order valence-corrected chi connectivity index (χ3v) is 1.84. The van der Waals surface area contributed by atoms with Crippen molar-refractivity contribution < 1.29 is 0 Å². The average Bonchev–Trinajstić information content (AvgIpc) is 2.35. The van der Waals surface area contributed by atoms with Crippen molar-refractivity contribution in [2.75, 3.05) is 0 Å². The van der Waals surface area contributed by atoms with Crippen molar-refractivity contribution in [2.45, 2.75) is 13.5 Å². The molecule has 0 aliphatic heterocycles. The Balaban J connectivity index is 2.59. The normalized spacial score (nSPS) is 12.5. The van der Waals surface area contributed by atoms with Gasteiger partial charge >= 0.3 is 0 Å². The zero-order valence-electron chi connectivity index (χ0n) is 6.16. The molecule has 58 valence electrons. The van der Waals surface area contributed by atoms with E-state index in [1.54, 1.807) is 10.9 Å². The van der Waals surface area contributed by atoms with Gasteiger partial charge in [-0.25, -0.2) is 0 Å². The second-order valence-electron chi connectivity index (χ2n) is 2.41. The summed E-state index contributed by atoms with van der Waals surface area (Å²) in [6, 6.07) is 2.16. The van der Waals surface area contributed by atoms with Crippen LogP contribution in [0.1, 0.15) is 6.92 Å². The summed E-state index contributed by atoms with van der Waals surface area (Å²) in [7, 11) is 0. The van der Waals surface area contributed by atoms with Crippen LogP contribution in [0.3, 0.4) is 0 Å². The van der Waals surface area contributed by atoms with Crippen LogP contribution in [-0.4, -0.2) is 9.78 Å². The monoisotopic (exact) mass is 261 g/mol. The van der Waals surface area contributed by atoms with Gasteiger partial charge in [-0.2, -0.15) is 10.4 Å². The van der Waals surface area contributed by atoms with Gasteiger partial charge in [0.15, 0.2) is 0 Å². The van der Waals surface area contributed by atoms with Crippen molar-refractivity contribution in [2.24, 2.45) is 5.92 Å². The average molecular weight is 261 g/mol. The molecule has 0 aromatic carbocycles. The van der Waals surface area contributed by atoms with Crippen molar-refractivity contribution in [1.82, 2.24) is 9.78 Å². The Kier molecular flexibility index (Phi) is 2.88. The molecule has 3 nitrogen and oxygen atoms in total. The van der Waals surface area contributed by atoms with E-state index in [0.29, 0.717) is 6.54 Å². The number of nitrogens with zero attached hydrogens (tertiary/aromatic N) is 3. The van der Waals surface area contributed by atoms with Crippen molar-refractivity contribution in [1.29, 1.82) is 5.26 Å². The standard InChI is InChI=1S/C7H8IN3/c1-6(2-9)4-11-5-7(8)3-10-11/h3,5-6H,4H2,1H3/t6-/m0/s1. The molecule has 0 saturated heterocycles. The topological polar surface area (TPSA) is 41.6 Å². The summed E-state index contributed by atoms with van der Waals surface area (Å²) in [4.78, 5) is 0. The van der Waals surface area contributed by atoms with Gasteiger partial charge in [0.25, 0.3) is 0 Å². The molecule has 1 aromatic heterocycles. The van der Waals surface area contributed by atoms with Crippen LogP contribution in [0.25, 0.3) is 0 Å². The Morgan fingerprint density at radius 3 is 3.09 bits per heavy atom. The quantitative estimate of drug-likeness (QED) is 0.759. The van der Waals surface area contributed by atoms with Gasteiger partial charge in [-0.3, -0.25) is 4.68 Å². The number of hydrogen-bond acceptors (Lipinski definition) is 2. The van der Waals surface area contributed by atoms with E-state index in [1.165, 1.54) is 0 Å². The molecular formula is C7H8IN3. The van der Waals surface area contributed by atoms with E-state index in [9.17, 15) is 0 Å². The first-order valence-corrected chi connectivity index (χ1v) is 4.38. The molecule has 1 heterocycles. The Hall–Kier alpha value is -0.570. The SMILES string of the molecule is C[C@@H](C#N)Cn1cc(I)cn1. The Bertz CT molecular complexity index is 273. The van der Waals surface area contributed by atoms with Crippen molar-refractivity contribution in [3.05, 3.63) is 16.0 Å². The van der Waals surface area contributed by atoms with Crippen LogP contribution in [0.2, 0.25) is 0 Å². The van der Waals surface area contributed by atoms with E-state index in [4.69, 9.17) is 5.26 Å². The van der Waals surface area contributed by atoms with Crippen LogP contribution < -0.4 is 0 Å². The predicted octanol–water partition coefficient (Wildman–Crippen LogP) is 1.65. The summed E-state index contributed by atoms with van der Waals surface area (Å²) in [6.07, 6.45) is 3.71. The predicted molar refractivity (Wildman–Crippen MR) is 49.7 cm³/mol. The first kappa shape index (κ1) is 8.53. The summed E-state index contributed by atoms with van der Waals surface area (Å²) in [6.45, 7) is 2.56. The minimum atomic E-state index is 0.0331. The maximum Gasteiger partial charge on any atom is 0.0672 e. The van der Waals surface area contributed by atoms with Gasteiger partial charge < -0.3 is 0 Å². The van der Waals surface area contributed by atoms with E-state index in [1.807, 2.05) is 13.1 Å². The van der Waals surface area contributed by atoms with Crippen LogP contribution in [0.5, 0.6) is 0 Å². The summed E-state index contributed by atoms with van der Waals surface area (Å²) in [5.74, 6) is 0.0331. The molecule has 0 fully saturated rings. The molecule has 0 bridgehead atoms. The lowest BCUT2D eigenvalue weighted by Gasteiger charge is -2.00. The van der Waals surface area contributed by atoms with Crippen LogP contribution in [0, 0.1) is 20.8 Å². The van der Waals surface area contributed by atoms with Crippen LogP contribution >= 0.6 is 22.6 Å². The summed E-state index contributed by atoms with van der Waals surface area (Å²) in [5.41, 5.74) is 0. The molecule has 0 N–H and O–H groups in total. The summed E-state index contributed by atoms with van der Waals surface area (Å²) in [5, 5.41) is 12.6. The van der Waals surface area contributed by atoms with Gasteiger partial charge in [-0.05, 0) is 29.5 Å². The minimum absolute atomic E-state index is 0.0331. The smallest absolute Gasteiger partial charge is 0.0672 e. The second-order valence-corrected chi connectivity index (χ2v) is 3.66. The highest BCUT2D eigenvalue weighted by Gasteiger charge is 2.01. The first-order chi connectivity index (χ1) is 5.22. The van der Waals surface area contributed by atoms with Gasteiger partial charge in [-0.1, -0.05) is 0 Å². The molecule has 4 heteroatoms. The Labute approximate surface area is 79.2 Å². The third-order valence-electron chi connectivity index (χ3n) is 1.28. The molecule has 1 atom stereocenters. The van der Waals surface area contributed by atoms with Gasteiger partial charge in [0.05, 0.1) is 28.3 Å². The van der Waals surface area contributed by atoms with E-state index >= 15 is 0 Å². The van der Waals surface area contributed by atoms with Gasteiger partial charge in [-0.15, -0.1) is 0 Å². The van der Waals surface area contributed by atoms with Gasteiger partial charge in [0.1, 0.15) is 0 Å². The van der Waals surface area contributed by atoms with E-state index < -0.39 is 0 Å². The summed E-state index contributed by atoms with van der Waals surface area (Å²) >= 11 is 2.19. The fourth-order valence-corrected chi connectivity index (χ4v) is 1.21. The molecule has 0 aliphatic carbocycles. The lowest BCUT2D eigenvalue weighted by Crippen LogP contribution is -2.05. The highest BCUT2D eigenvalue weighted by atomic mass is 127. The summed E-state index contributed by atoms with van der Waals surface area (Å²) < 4.78 is 2.89. The molecule has 0 spiro atoms. The third kappa shape index (κ3) is 2.50. The molecule has 11 heavy (non-hydrogen) atoms. The zero-order chi connectivity index (χ0) is 8.27. The highest BCUT2D eigenvalue weighted by molar-refractivity contribution is 14.1. The van der Waals surface area contributed by atoms with Crippen LogP contribution in [0.4, 0.5) is 0 Å². The van der Waals surface area contributed by atoms with Crippen molar-refractivity contribution in [3.63, 3.8) is 0 Å². The number of rotatable bonds is 2. The molecule has 0 unspecified atom stereocenters. The van der Waals surface area contributed by atoms with E-state index in [2.05, 4.69) is 33.8 Å². The van der Waals surface area contributed by atoms with Gasteiger partial charge in [0, 0.05) is 6.20 Å². The largest absolute Gasteiger partial charge is 0.270 e. The zero-order valence-corrected chi connectivity index (χ0v) is 8.32. The molecule has 1 aromatic rings. The van der Waals surface area contributed by atoms with E-state index in [0.717, 1.165) is 3.57 Å². The molecule has 0 aliphatic rings. The number of halogens is 1. The Morgan fingerprint density at radius 1 is 1.91 bits per heavy atom. The fraction of sp³-hybridized carbons (Fsp3) is 0.429. The molecule has 0 radical (unpaired) electrons. The van der Waals surface area contributed by atoms with Crippen LogP contribution in [0.15, 0.2) is 12.4 Å². The molecular weight excluding hydrogens is 253 g/mol. The van der Waals surface area contributed by atoms with Gasteiger partial charge in [0.2, 0.25) is 0 Å². The Morgan fingerprint density at radius 2 is 2.64 bits per heavy atom. The lowest BCUT2D eigenvalue weighted by atomic mass is 10.2. The maximum atomic E-state index is 8.51. The van der Waals surface area contributed by atoms with Crippen molar-refractivity contribution >= 4 is 22.6 Å². The lowest BCUT2D eigenvalue weighted by molar-refractivity contribution is 0.528. The number of hydrogen-bond donors (Lipinski definition) is 0. The second kappa shape index (κ2) is 3.72. The van der Waals surface area contributed by atoms with Crippen molar-refractivity contribution in [3.8, 4) is 6.07 Å². The highest BCUT2D eigenvalue weighted by Crippen LogP contribution is 2.03. The van der Waals surface area contributed by atoms with Crippen LogP contribution in [-0.2, 0) is 6.54 Å². The van der Waals surface area contributed by atoms with E-state index in [-0.39, 0.29) is 5.92 Å². The molecule has 1 rings (SSSR count). The fourth-order valence-electron chi connectivity index (χ4n) is 0.760. The minimum Gasteiger partial charge on any atom is -0.270 e. The maximum absolute atomic E-state index is 8.51. The first-order valence-electron chi connectivity index (χ1n) is 3.30. The molecule has 0 saturated carbocycles. The number of nitriles is 1. The molecule has 0 amide bonds.